The molecule has 0 fully saturated rings. The summed E-state index contributed by atoms with van der Waals surface area (Å²) in [6.07, 6.45) is 0.873. The number of ether oxygens (including phenoxy) is 1. The van der Waals surface area contributed by atoms with Crippen LogP contribution in [0, 0.1) is 11.7 Å². The monoisotopic (exact) mass is 198 g/mol. The van der Waals surface area contributed by atoms with Gasteiger partial charge in [0.15, 0.2) is 0 Å². The fourth-order valence-electron chi connectivity index (χ4n) is 1.04. The van der Waals surface area contributed by atoms with Crippen molar-refractivity contribution in [3.8, 4) is 5.75 Å². The second-order valence-corrected chi connectivity index (χ2v) is 3.22. The molecule has 0 aliphatic rings. The van der Waals surface area contributed by atoms with Gasteiger partial charge in [0.2, 0.25) is 0 Å². The van der Waals surface area contributed by atoms with Crippen LogP contribution in [0.25, 0.3) is 0 Å². The molecule has 2 nitrogen and oxygen atoms in total. The third-order valence-corrected chi connectivity index (χ3v) is 2.13. The first-order valence-corrected chi connectivity index (χ1v) is 4.75. The minimum atomic E-state index is -0.272. The first-order chi connectivity index (χ1) is 6.76. The average molecular weight is 198 g/mol. The van der Waals surface area contributed by atoms with Crippen LogP contribution in [-0.4, -0.2) is 18.3 Å². The number of benzene rings is 1. The Hall–Kier alpha value is -1.09. The summed E-state index contributed by atoms with van der Waals surface area (Å²) in [5.74, 6) is 0.518. The molecule has 0 aliphatic heterocycles. The Morgan fingerprint density at radius 1 is 1.36 bits per heavy atom. The van der Waals surface area contributed by atoms with Gasteiger partial charge in [-0.1, -0.05) is 6.92 Å². The summed E-state index contributed by atoms with van der Waals surface area (Å²) in [6, 6.07) is 5.88. The van der Waals surface area contributed by atoms with E-state index in [1.54, 1.807) is 12.1 Å². The van der Waals surface area contributed by atoms with E-state index in [4.69, 9.17) is 9.84 Å². The second kappa shape index (κ2) is 5.60. The summed E-state index contributed by atoms with van der Waals surface area (Å²) in [4.78, 5) is 0. The molecule has 78 valence electrons. The molecule has 1 aromatic rings. The molecule has 0 bridgehead atoms. The highest BCUT2D eigenvalue weighted by Crippen LogP contribution is 2.13. The fourth-order valence-corrected chi connectivity index (χ4v) is 1.04. The third kappa shape index (κ3) is 3.34. The number of aliphatic hydroxyl groups excluding tert-OH is 1. The lowest BCUT2D eigenvalue weighted by Gasteiger charge is -2.12. The van der Waals surface area contributed by atoms with Crippen LogP contribution < -0.4 is 4.74 Å². The van der Waals surface area contributed by atoms with Gasteiger partial charge in [-0.05, 0) is 30.7 Å². The zero-order chi connectivity index (χ0) is 10.4. The average Bonchev–Trinajstić information content (AvgIpc) is 2.22. The van der Waals surface area contributed by atoms with Gasteiger partial charge in [0.25, 0.3) is 0 Å². The van der Waals surface area contributed by atoms with E-state index in [9.17, 15) is 4.39 Å². The third-order valence-electron chi connectivity index (χ3n) is 2.13. The van der Waals surface area contributed by atoms with Crippen LogP contribution in [0.1, 0.15) is 13.3 Å². The summed E-state index contributed by atoms with van der Waals surface area (Å²) >= 11 is 0. The summed E-state index contributed by atoms with van der Waals surface area (Å²) in [6.45, 7) is 2.59. The van der Waals surface area contributed by atoms with E-state index in [1.165, 1.54) is 12.1 Å². The van der Waals surface area contributed by atoms with Crippen molar-refractivity contribution in [3.63, 3.8) is 0 Å². The van der Waals surface area contributed by atoms with Crippen molar-refractivity contribution in [2.24, 2.45) is 5.92 Å². The highest BCUT2D eigenvalue weighted by Gasteiger charge is 2.05. The molecule has 0 radical (unpaired) electrons. The predicted molar refractivity (Wildman–Crippen MR) is 52.8 cm³/mol. The van der Waals surface area contributed by atoms with Crippen molar-refractivity contribution in [3.05, 3.63) is 30.1 Å². The lowest BCUT2D eigenvalue weighted by atomic mass is 10.1. The SMILES string of the molecule is CCC(CO)COc1ccc(F)cc1. The lowest BCUT2D eigenvalue weighted by molar-refractivity contribution is 0.159. The van der Waals surface area contributed by atoms with Gasteiger partial charge in [-0.2, -0.15) is 0 Å². The maximum atomic E-state index is 12.5. The molecule has 3 heteroatoms. The Balaban J connectivity index is 2.41. The van der Waals surface area contributed by atoms with Crippen LogP contribution in [-0.2, 0) is 0 Å². The van der Waals surface area contributed by atoms with E-state index in [-0.39, 0.29) is 18.3 Å². The van der Waals surface area contributed by atoms with E-state index >= 15 is 0 Å². The van der Waals surface area contributed by atoms with Crippen molar-refractivity contribution >= 4 is 0 Å². The standard InChI is InChI=1S/C11H15FO2/c1-2-9(7-13)8-14-11-5-3-10(12)4-6-11/h3-6,9,13H,2,7-8H2,1H3. The van der Waals surface area contributed by atoms with Crippen LogP contribution >= 0.6 is 0 Å². The molecule has 0 spiro atoms. The highest BCUT2D eigenvalue weighted by molar-refractivity contribution is 5.21. The highest BCUT2D eigenvalue weighted by atomic mass is 19.1. The number of halogens is 1. The zero-order valence-corrected chi connectivity index (χ0v) is 8.24. The maximum absolute atomic E-state index is 12.5. The van der Waals surface area contributed by atoms with Crippen LogP contribution in [0.2, 0.25) is 0 Å². The van der Waals surface area contributed by atoms with Crippen molar-refractivity contribution in [1.29, 1.82) is 0 Å². The van der Waals surface area contributed by atoms with Gasteiger partial charge in [0, 0.05) is 12.5 Å². The summed E-state index contributed by atoms with van der Waals surface area (Å²) in [7, 11) is 0. The Labute approximate surface area is 83.3 Å². The summed E-state index contributed by atoms with van der Waals surface area (Å²) in [5.41, 5.74) is 0. The van der Waals surface area contributed by atoms with E-state index in [0.717, 1.165) is 6.42 Å². The van der Waals surface area contributed by atoms with Crippen molar-refractivity contribution in [2.75, 3.05) is 13.2 Å². The molecule has 0 saturated heterocycles. The number of hydrogen-bond acceptors (Lipinski definition) is 2. The molecule has 0 heterocycles. The molecular formula is C11H15FO2. The molecule has 1 atom stereocenters. The van der Waals surface area contributed by atoms with Crippen LogP contribution in [0.4, 0.5) is 4.39 Å². The lowest BCUT2D eigenvalue weighted by Crippen LogP contribution is -2.14. The molecule has 0 aliphatic carbocycles. The number of rotatable bonds is 5. The van der Waals surface area contributed by atoms with Crippen molar-refractivity contribution in [2.45, 2.75) is 13.3 Å². The van der Waals surface area contributed by atoms with Crippen molar-refractivity contribution < 1.29 is 14.2 Å². The second-order valence-electron chi connectivity index (χ2n) is 3.22. The fraction of sp³-hybridized carbons (Fsp3) is 0.455. The normalized spacial score (nSPS) is 12.5. The van der Waals surface area contributed by atoms with Crippen LogP contribution in [0.3, 0.4) is 0 Å². The predicted octanol–water partition coefficient (Wildman–Crippen LogP) is 2.22. The van der Waals surface area contributed by atoms with Crippen molar-refractivity contribution in [1.82, 2.24) is 0 Å². The molecule has 0 amide bonds. The molecule has 0 saturated carbocycles. The first-order valence-electron chi connectivity index (χ1n) is 4.75. The summed E-state index contributed by atoms with van der Waals surface area (Å²) in [5, 5.41) is 8.91. The Morgan fingerprint density at radius 3 is 2.50 bits per heavy atom. The van der Waals surface area contributed by atoms with Crippen LogP contribution in [0.15, 0.2) is 24.3 Å². The van der Waals surface area contributed by atoms with Gasteiger partial charge in [0.1, 0.15) is 11.6 Å². The summed E-state index contributed by atoms with van der Waals surface area (Å²) < 4.78 is 17.9. The van der Waals surface area contributed by atoms with Gasteiger partial charge < -0.3 is 9.84 Å². The Kier molecular flexibility index (Phi) is 4.40. The molecule has 1 rings (SSSR count). The van der Waals surface area contributed by atoms with Gasteiger partial charge in [-0.3, -0.25) is 0 Å². The maximum Gasteiger partial charge on any atom is 0.123 e. The molecule has 14 heavy (non-hydrogen) atoms. The van der Waals surface area contributed by atoms with Gasteiger partial charge in [-0.15, -0.1) is 0 Å². The molecular weight excluding hydrogens is 183 g/mol. The minimum Gasteiger partial charge on any atom is -0.493 e. The van der Waals surface area contributed by atoms with Gasteiger partial charge in [-0.25, -0.2) is 4.39 Å². The number of hydrogen-bond donors (Lipinski definition) is 1. The topological polar surface area (TPSA) is 29.5 Å². The van der Waals surface area contributed by atoms with E-state index < -0.39 is 0 Å². The number of aliphatic hydroxyl groups is 1. The first kappa shape index (κ1) is 11.0. The van der Waals surface area contributed by atoms with Gasteiger partial charge >= 0.3 is 0 Å². The Morgan fingerprint density at radius 2 is 2.00 bits per heavy atom. The largest absolute Gasteiger partial charge is 0.493 e. The molecule has 1 aromatic carbocycles. The molecule has 0 aromatic heterocycles. The van der Waals surface area contributed by atoms with Crippen LogP contribution in [0.5, 0.6) is 5.75 Å². The van der Waals surface area contributed by atoms with Gasteiger partial charge in [0.05, 0.1) is 6.61 Å². The van der Waals surface area contributed by atoms with E-state index in [1.807, 2.05) is 6.92 Å². The minimum absolute atomic E-state index is 0.123. The molecule has 1 unspecified atom stereocenters. The quantitative estimate of drug-likeness (QED) is 0.786. The molecule has 1 N–H and O–H groups in total. The van der Waals surface area contributed by atoms with E-state index in [0.29, 0.717) is 12.4 Å². The zero-order valence-electron chi connectivity index (χ0n) is 8.24. The van der Waals surface area contributed by atoms with E-state index in [2.05, 4.69) is 0 Å². The smallest absolute Gasteiger partial charge is 0.123 e. The Bertz CT molecular complexity index is 254.